The molecule has 8 unspecified atom stereocenters. The number of aliphatic hydroxyl groups excluding tert-OH is 1. The molecule has 2 N–H and O–H groups in total. The Morgan fingerprint density at radius 3 is 2.41 bits per heavy atom. The molecule has 3 nitrogen and oxygen atoms in total. The van der Waals surface area contributed by atoms with Gasteiger partial charge in [0.15, 0.2) is 5.78 Å². The molecule has 2 fully saturated rings. The van der Waals surface area contributed by atoms with Gasteiger partial charge in [0.05, 0.1) is 11.7 Å². The van der Waals surface area contributed by atoms with Crippen molar-refractivity contribution in [2.24, 2.45) is 40.4 Å². The molecule has 0 aromatic rings. The van der Waals surface area contributed by atoms with E-state index in [4.69, 9.17) is 0 Å². The monoisotopic (exact) mass is 442 g/mol. The van der Waals surface area contributed by atoms with Gasteiger partial charge in [-0.05, 0) is 79.1 Å². The standard InChI is InChI=1S/C29H46O3/c1-17(2)18(3)8-9-19(4)21-11-15-29(32)26-22(10-14-28(21,29)7)27(6)13-12-24(30)20(5)23(27)16-25(26)31/h17-19,21,23-24,30,32H,5,8-16H2,1-4,6-7H3. The van der Waals surface area contributed by atoms with Crippen molar-refractivity contribution in [1.29, 1.82) is 0 Å². The summed E-state index contributed by atoms with van der Waals surface area (Å²) >= 11 is 0. The van der Waals surface area contributed by atoms with Gasteiger partial charge in [-0.2, -0.15) is 0 Å². The predicted molar refractivity (Wildman–Crippen MR) is 130 cm³/mol. The van der Waals surface area contributed by atoms with Crippen LogP contribution in [0.15, 0.2) is 23.3 Å². The Hall–Kier alpha value is -0.930. The number of allylic oxidation sites excluding steroid dienone is 1. The third-order valence-corrected chi connectivity index (χ3v) is 11.0. The molecule has 4 rings (SSSR count). The zero-order valence-corrected chi connectivity index (χ0v) is 21.3. The molecule has 3 heteroatoms. The first-order valence-electron chi connectivity index (χ1n) is 13.2. The molecule has 0 aromatic carbocycles. The van der Waals surface area contributed by atoms with Crippen LogP contribution in [0.3, 0.4) is 0 Å². The molecule has 0 saturated heterocycles. The summed E-state index contributed by atoms with van der Waals surface area (Å²) in [7, 11) is 0. The largest absolute Gasteiger partial charge is 0.389 e. The van der Waals surface area contributed by atoms with Gasteiger partial charge in [0.25, 0.3) is 0 Å². The summed E-state index contributed by atoms with van der Waals surface area (Å²) in [6.45, 7) is 18.1. The first-order valence-corrected chi connectivity index (χ1v) is 13.2. The predicted octanol–water partition coefficient (Wildman–Crippen LogP) is 6.24. The van der Waals surface area contributed by atoms with Gasteiger partial charge in [-0.15, -0.1) is 0 Å². The van der Waals surface area contributed by atoms with Crippen molar-refractivity contribution < 1.29 is 15.0 Å². The Balaban J connectivity index is 1.66. The molecule has 4 aliphatic rings. The third kappa shape index (κ3) is 3.32. The molecule has 4 aliphatic carbocycles. The smallest absolute Gasteiger partial charge is 0.162 e. The average molecular weight is 443 g/mol. The summed E-state index contributed by atoms with van der Waals surface area (Å²) in [5.41, 5.74) is 1.44. The van der Waals surface area contributed by atoms with Crippen LogP contribution in [0.1, 0.15) is 99.3 Å². The van der Waals surface area contributed by atoms with Crippen LogP contribution in [-0.4, -0.2) is 27.7 Å². The minimum atomic E-state index is -0.994. The Bertz CT molecular complexity index is 824. The van der Waals surface area contributed by atoms with Crippen LogP contribution in [0.5, 0.6) is 0 Å². The van der Waals surface area contributed by atoms with Gasteiger partial charge in [-0.3, -0.25) is 4.79 Å². The van der Waals surface area contributed by atoms with E-state index >= 15 is 0 Å². The van der Waals surface area contributed by atoms with Crippen molar-refractivity contribution in [2.45, 2.75) is 111 Å². The fourth-order valence-corrected chi connectivity index (χ4v) is 8.22. The summed E-state index contributed by atoms with van der Waals surface area (Å²) in [5, 5.41) is 22.7. The van der Waals surface area contributed by atoms with Crippen molar-refractivity contribution in [3.05, 3.63) is 23.3 Å². The first kappa shape index (κ1) is 24.2. The second-order valence-electron chi connectivity index (χ2n) is 12.8. The second-order valence-corrected chi connectivity index (χ2v) is 12.8. The van der Waals surface area contributed by atoms with E-state index in [1.807, 2.05) is 0 Å². The van der Waals surface area contributed by atoms with Crippen LogP contribution in [0.2, 0.25) is 0 Å². The van der Waals surface area contributed by atoms with Crippen LogP contribution < -0.4 is 0 Å². The van der Waals surface area contributed by atoms with Crippen molar-refractivity contribution in [2.75, 3.05) is 0 Å². The number of rotatable bonds is 5. The van der Waals surface area contributed by atoms with Gasteiger partial charge in [0.1, 0.15) is 0 Å². The second kappa shape index (κ2) is 8.08. The highest BCUT2D eigenvalue weighted by atomic mass is 16.3. The lowest BCUT2D eigenvalue weighted by Crippen LogP contribution is -2.57. The molecule has 0 radical (unpaired) electrons. The molecular formula is C29H46O3. The van der Waals surface area contributed by atoms with Crippen molar-refractivity contribution >= 4 is 5.78 Å². The minimum Gasteiger partial charge on any atom is -0.389 e. The maximum atomic E-state index is 13.6. The van der Waals surface area contributed by atoms with Gasteiger partial charge in [0.2, 0.25) is 0 Å². The summed E-state index contributed by atoms with van der Waals surface area (Å²) in [5.74, 6) is 2.58. The molecule has 8 atom stereocenters. The maximum Gasteiger partial charge on any atom is 0.162 e. The summed E-state index contributed by atoms with van der Waals surface area (Å²) in [4.78, 5) is 13.6. The average Bonchev–Trinajstić information content (AvgIpc) is 3.01. The molecule has 0 amide bonds. The fraction of sp³-hybridized carbons (Fsp3) is 0.828. The zero-order chi connectivity index (χ0) is 23.6. The van der Waals surface area contributed by atoms with Crippen LogP contribution in [-0.2, 0) is 4.79 Å². The van der Waals surface area contributed by atoms with E-state index in [0.29, 0.717) is 37.0 Å². The first-order chi connectivity index (χ1) is 14.9. The Labute approximate surface area is 195 Å². The van der Waals surface area contributed by atoms with E-state index < -0.39 is 11.7 Å². The van der Waals surface area contributed by atoms with E-state index in [0.717, 1.165) is 42.7 Å². The maximum absolute atomic E-state index is 13.6. The Kier molecular flexibility index (Phi) is 6.11. The highest BCUT2D eigenvalue weighted by molar-refractivity contribution is 6.00. The van der Waals surface area contributed by atoms with Crippen LogP contribution in [0.4, 0.5) is 0 Å². The Morgan fingerprint density at radius 1 is 1.06 bits per heavy atom. The number of hydrogen-bond donors (Lipinski definition) is 2. The van der Waals surface area contributed by atoms with Gasteiger partial charge in [-0.25, -0.2) is 0 Å². The molecule has 0 spiro atoms. The van der Waals surface area contributed by atoms with Crippen LogP contribution in [0, 0.1) is 40.4 Å². The van der Waals surface area contributed by atoms with E-state index in [-0.39, 0.29) is 22.5 Å². The quantitative estimate of drug-likeness (QED) is 0.496. The molecule has 0 heterocycles. The molecular weight excluding hydrogens is 396 g/mol. The van der Waals surface area contributed by atoms with Crippen molar-refractivity contribution in [3.8, 4) is 0 Å². The molecule has 0 aliphatic heterocycles. The number of Topliss-reactive ketones (excluding diaryl/α,β-unsaturated/α-hetero) is 1. The molecule has 0 bridgehead atoms. The molecule has 0 aromatic heterocycles. The minimum absolute atomic E-state index is 0.0131. The highest BCUT2D eigenvalue weighted by Gasteiger charge is 2.65. The van der Waals surface area contributed by atoms with Gasteiger partial charge >= 0.3 is 0 Å². The van der Waals surface area contributed by atoms with E-state index in [1.165, 1.54) is 18.4 Å². The van der Waals surface area contributed by atoms with Gasteiger partial charge < -0.3 is 10.2 Å². The normalized spacial score (nSPS) is 43.7. The van der Waals surface area contributed by atoms with Crippen molar-refractivity contribution in [3.63, 3.8) is 0 Å². The number of hydrogen-bond acceptors (Lipinski definition) is 3. The summed E-state index contributed by atoms with van der Waals surface area (Å²) < 4.78 is 0. The van der Waals surface area contributed by atoms with Gasteiger partial charge in [0, 0.05) is 17.4 Å². The van der Waals surface area contributed by atoms with Crippen LogP contribution >= 0.6 is 0 Å². The Morgan fingerprint density at radius 2 is 1.75 bits per heavy atom. The molecule has 180 valence electrons. The summed E-state index contributed by atoms with van der Waals surface area (Å²) in [6.07, 6.45) is 7.52. The number of aliphatic hydroxyl groups is 2. The number of fused-ring (bicyclic) bond motifs is 4. The lowest BCUT2D eigenvalue weighted by atomic mass is 9.48. The third-order valence-electron chi connectivity index (χ3n) is 11.0. The number of ketones is 1. The van der Waals surface area contributed by atoms with E-state index in [1.54, 1.807) is 0 Å². The van der Waals surface area contributed by atoms with Crippen LogP contribution in [0.25, 0.3) is 0 Å². The SMILES string of the molecule is C=C1C(O)CCC2(C)C3=C(C(=O)CC12)C1(O)CCC(C(C)CCC(C)C(C)C)C1(C)CC3. The summed E-state index contributed by atoms with van der Waals surface area (Å²) in [6, 6.07) is 0. The van der Waals surface area contributed by atoms with E-state index in [2.05, 4.69) is 48.1 Å². The fourth-order valence-electron chi connectivity index (χ4n) is 8.22. The highest BCUT2D eigenvalue weighted by Crippen LogP contribution is 2.67. The molecule has 32 heavy (non-hydrogen) atoms. The number of carbonyl (C=O) groups excluding carboxylic acids is 1. The lowest BCUT2D eigenvalue weighted by molar-refractivity contribution is -0.128. The van der Waals surface area contributed by atoms with E-state index in [9.17, 15) is 15.0 Å². The topological polar surface area (TPSA) is 57.5 Å². The zero-order valence-electron chi connectivity index (χ0n) is 21.3. The molecule has 2 saturated carbocycles. The number of carbonyl (C=O) groups is 1. The van der Waals surface area contributed by atoms with Gasteiger partial charge in [-0.1, -0.05) is 66.5 Å². The van der Waals surface area contributed by atoms with Crippen molar-refractivity contribution in [1.82, 2.24) is 0 Å². The lowest BCUT2D eigenvalue weighted by Gasteiger charge is -2.57.